The number of nitrogens with one attached hydrogen (secondary N) is 2. The lowest BCUT2D eigenvalue weighted by Crippen LogP contribution is -2.47. The van der Waals surface area contributed by atoms with E-state index in [-0.39, 0.29) is 10.4 Å². The number of alkyl halides is 7. The Balaban J connectivity index is 1.79. The van der Waals surface area contributed by atoms with Gasteiger partial charge in [-0.1, -0.05) is 6.92 Å². The summed E-state index contributed by atoms with van der Waals surface area (Å²) in [4.78, 5) is 13.1. The molecule has 16 heteroatoms. The highest BCUT2D eigenvalue weighted by Gasteiger charge is 2.60. The molecular weight excluding hydrogens is 523 g/mol. The first kappa shape index (κ1) is 26.2. The van der Waals surface area contributed by atoms with Crippen LogP contribution in [-0.4, -0.2) is 44.4 Å². The molecule has 0 aromatic carbocycles. The summed E-state index contributed by atoms with van der Waals surface area (Å²) in [6.45, 7) is 0.793. The Morgan fingerprint density at radius 1 is 1.33 bits per heavy atom. The molecule has 2 aromatic rings. The van der Waals surface area contributed by atoms with Gasteiger partial charge in [0.1, 0.15) is 33.3 Å². The van der Waals surface area contributed by atoms with Crippen molar-refractivity contribution in [1.29, 1.82) is 4.78 Å². The summed E-state index contributed by atoms with van der Waals surface area (Å²) in [5.41, 5.74) is -5.44. The van der Waals surface area contributed by atoms with E-state index in [1.54, 1.807) is 0 Å². The average molecular weight is 543 g/mol. The van der Waals surface area contributed by atoms with Crippen molar-refractivity contribution in [2.24, 2.45) is 5.41 Å². The van der Waals surface area contributed by atoms with Gasteiger partial charge in [-0.25, -0.2) is 26.6 Å². The van der Waals surface area contributed by atoms with Crippen LogP contribution in [0.3, 0.4) is 0 Å². The molecule has 36 heavy (non-hydrogen) atoms. The summed E-state index contributed by atoms with van der Waals surface area (Å²) >= 11 is 0. The summed E-state index contributed by atoms with van der Waals surface area (Å²) in [6, 6.07) is 1.80. The maximum absolute atomic E-state index is 14.1. The summed E-state index contributed by atoms with van der Waals surface area (Å²) in [5.74, 6) is -6.38. The summed E-state index contributed by atoms with van der Waals surface area (Å²) in [6.07, 6.45) is -9.53. The van der Waals surface area contributed by atoms with E-state index in [1.807, 2.05) is 0 Å². The number of nitrogens with zero attached hydrogens (tertiary/aromatic N) is 3. The minimum atomic E-state index is -5.29. The lowest BCUT2D eigenvalue weighted by molar-refractivity contribution is -0.646. The normalized spacial score (nSPS) is 26.1. The summed E-state index contributed by atoms with van der Waals surface area (Å²) in [7, 11) is -3.59. The monoisotopic (exact) mass is 543 g/mol. The predicted molar refractivity (Wildman–Crippen MR) is 110 cm³/mol. The maximum atomic E-state index is 14.1. The molecule has 4 rings (SSSR count). The fourth-order valence-electron chi connectivity index (χ4n) is 4.57. The molecule has 198 valence electrons. The van der Waals surface area contributed by atoms with Crippen molar-refractivity contribution in [3.05, 3.63) is 40.5 Å². The van der Waals surface area contributed by atoms with E-state index in [9.17, 15) is 44.9 Å². The topological polar surface area (TPSA) is 115 Å². The third-order valence-electron chi connectivity index (χ3n) is 6.09. The minimum absolute atomic E-state index is 0.0853. The van der Waals surface area contributed by atoms with Crippen LogP contribution in [-0.2, 0) is 22.5 Å². The second kappa shape index (κ2) is 8.05. The van der Waals surface area contributed by atoms with Gasteiger partial charge in [-0.05, 0) is 5.41 Å². The number of amides is 1. The second-order valence-electron chi connectivity index (χ2n) is 9.58. The highest BCUT2D eigenvalue weighted by atomic mass is 32.2. The Morgan fingerprint density at radius 3 is 2.39 bits per heavy atom. The van der Waals surface area contributed by atoms with E-state index in [0.29, 0.717) is 4.68 Å². The number of aromatic nitrogens is 3. The van der Waals surface area contributed by atoms with Gasteiger partial charge in [-0.15, -0.1) is 0 Å². The molecule has 0 bridgehead atoms. The number of hydrogen-bond donors (Lipinski definition) is 2. The van der Waals surface area contributed by atoms with Crippen LogP contribution < -0.4 is 10.0 Å². The second-order valence-corrected chi connectivity index (χ2v) is 11.7. The molecule has 0 radical (unpaired) electrons. The van der Waals surface area contributed by atoms with E-state index in [4.69, 9.17) is 4.78 Å². The first-order valence-electron chi connectivity index (χ1n) is 10.5. The van der Waals surface area contributed by atoms with Crippen molar-refractivity contribution in [3.8, 4) is 0 Å². The molecule has 2 aliphatic rings. The Morgan fingerprint density at radius 2 is 1.92 bits per heavy atom. The average Bonchev–Trinajstić information content (AvgIpc) is 3.10. The molecule has 1 amide bonds. The van der Waals surface area contributed by atoms with E-state index in [1.165, 1.54) is 6.92 Å². The van der Waals surface area contributed by atoms with E-state index >= 15 is 0 Å². The molecule has 2 heterocycles. The molecule has 2 fully saturated rings. The Kier molecular flexibility index (Phi) is 5.85. The van der Waals surface area contributed by atoms with Gasteiger partial charge in [0.05, 0.1) is 17.3 Å². The lowest BCUT2D eigenvalue weighted by atomic mass is 9.67. The molecule has 0 aliphatic heterocycles. The summed E-state index contributed by atoms with van der Waals surface area (Å²) in [5, 5.41) is 17.0. The van der Waals surface area contributed by atoms with Crippen molar-refractivity contribution >= 4 is 21.3 Å². The van der Waals surface area contributed by atoms with E-state index < -0.39 is 92.8 Å². The fraction of sp³-hybridized carbons (Fsp3) is 0.550. The molecule has 0 spiro atoms. The maximum Gasteiger partial charge on any atom is 0.420 e. The quantitative estimate of drug-likeness (QED) is 0.325. The lowest BCUT2D eigenvalue weighted by Gasteiger charge is -2.44. The van der Waals surface area contributed by atoms with Crippen LogP contribution in [0.4, 0.5) is 36.4 Å². The third-order valence-corrected chi connectivity index (χ3v) is 7.18. The van der Waals surface area contributed by atoms with Crippen LogP contribution in [0.25, 0.3) is 0 Å². The Bertz CT molecular complexity index is 1330. The zero-order valence-corrected chi connectivity index (χ0v) is 19.5. The smallest absolute Gasteiger partial charge is 0.420 e. The van der Waals surface area contributed by atoms with Gasteiger partial charge in [0.2, 0.25) is 5.92 Å². The predicted octanol–water partition coefficient (Wildman–Crippen LogP) is 4.03. The molecule has 0 saturated heterocycles. The van der Waals surface area contributed by atoms with Gasteiger partial charge in [-0.2, -0.15) is 23.0 Å². The van der Waals surface area contributed by atoms with Crippen LogP contribution in [0.1, 0.15) is 47.4 Å². The number of pyridine rings is 1. The zero-order valence-electron chi connectivity index (χ0n) is 18.7. The van der Waals surface area contributed by atoms with Crippen LogP contribution in [0.15, 0.2) is 23.4 Å². The molecule has 2 N–H and O–H groups in total. The zero-order chi connectivity index (χ0) is 27.0. The first-order valence-corrected chi connectivity index (χ1v) is 12.4. The van der Waals surface area contributed by atoms with Crippen molar-refractivity contribution in [3.63, 3.8) is 0 Å². The largest absolute Gasteiger partial charge is 0.618 e. The van der Waals surface area contributed by atoms with Crippen LogP contribution in [0.5, 0.6) is 0 Å². The number of carbonyl (C=O) groups excluding carboxylic acids is 1. The number of hydrogen-bond acceptors (Lipinski definition) is 5. The molecular formula is C20H20F7N5O3S. The van der Waals surface area contributed by atoms with Gasteiger partial charge in [0.25, 0.3) is 10.9 Å². The van der Waals surface area contributed by atoms with Gasteiger partial charge in [-0.3, -0.25) is 9.48 Å². The molecule has 2 saturated carbocycles. The SMILES string of the molecule is CC1(Cn2nc(C3C(F)C3F)c(C(F)(F)F)c2C(=O)Nc2cc[n+]([O-])c(S(C)(=N)=O)c2)CC(F)(F)C1. The van der Waals surface area contributed by atoms with Crippen molar-refractivity contribution in [1.82, 2.24) is 9.78 Å². The molecule has 3 unspecified atom stereocenters. The minimum Gasteiger partial charge on any atom is -0.618 e. The van der Waals surface area contributed by atoms with E-state index in [2.05, 4.69) is 10.4 Å². The Labute approximate surface area is 200 Å². The van der Waals surface area contributed by atoms with Gasteiger partial charge < -0.3 is 10.5 Å². The van der Waals surface area contributed by atoms with Crippen molar-refractivity contribution < 1.29 is 44.5 Å². The van der Waals surface area contributed by atoms with Crippen LogP contribution in [0.2, 0.25) is 0 Å². The number of anilines is 1. The number of halogens is 7. The van der Waals surface area contributed by atoms with Crippen LogP contribution >= 0.6 is 0 Å². The van der Waals surface area contributed by atoms with Crippen molar-refractivity contribution in [2.75, 3.05) is 11.6 Å². The van der Waals surface area contributed by atoms with E-state index in [0.717, 1.165) is 24.6 Å². The van der Waals surface area contributed by atoms with Gasteiger partial charge in [0, 0.05) is 37.8 Å². The highest BCUT2D eigenvalue weighted by Crippen LogP contribution is 2.54. The summed E-state index contributed by atoms with van der Waals surface area (Å²) < 4.78 is 117. The fourth-order valence-corrected chi connectivity index (χ4v) is 5.32. The molecule has 8 nitrogen and oxygen atoms in total. The third kappa shape index (κ3) is 4.74. The van der Waals surface area contributed by atoms with Crippen LogP contribution in [0, 0.1) is 15.4 Å². The molecule has 2 aliphatic carbocycles. The van der Waals surface area contributed by atoms with Crippen molar-refractivity contribution in [2.45, 2.75) is 61.7 Å². The first-order chi connectivity index (χ1) is 16.3. The number of rotatable bonds is 6. The molecule has 2 aromatic heterocycles. The Hall–Kier alpha value is -2.91. The van der Waals surface area contributed by atoms with Gasteiger partial charge >= 0.3 is 6.18 Å². The number of carbonyl (C=O) groups is 1. The highest BCUT2D eigenvalue weighted by molar-refractivity contribution is 7.91. The standard InChI is InChI=1S/C20H20F7N5O3S/c1-18(6-19(23,24)7-18)8-31-16(12(20(25,26)27)15(30-31)11-13(21)14(11)22)17(33)29-9-3-4-32(34)10(5-9)36(2,28)35/h3-5,11,13-14,28H,6-8H2,1-2H3,(H,29,33). The van der Waals surface area contributed by atoms with Gasteiger partial charge in [0.15, 0.2) is 6.20 Å². The molecule has 3 atom stereocenters.